The van der Waals surface area contributed by atoms with Gasteiger partial charge in [0, 0.05) is 24.5 Å². The second-order valence-corrected chi connectivity index (χ2v) is 9.20. The van der Waals surface area contributed by atoms with Crippen molar-refractivity contribution in [2.24, 2.45) is 0 Å². The van der Waals surface area contributed by atoms with Crippen LogP contribution in [0.25, 0.3) is 0 Å². The van der Waals surface area contributed by atoms with Gasteiger partial charge in [-0.2, -0.15) is 0 Å². The summed E-state index contributed by atoms with van der Waals surface area (Å²) in [5, 5.41) is 3.55. The largest absolute Gasteiger partial charge is 0.484 e. The van der Waals surface area contributed by atoms with Crippen LogP contribution in [0.15, 0.2) is 72.8 Å². The highest BCUT2D eigenvalue weighted by atomic mass is 35.5. The number of amides is 2. The molecule has 0 unspecified atom stereocenters. The summed E-state index contributed by atoms with van der Waals surface area (Å²) < 4.78 is 5.88. The first-order valence-corrected chi connectivity index (χ1v) is 12.3. The molecular weight excluding hydrogens is 460 g/mol. The van der Waals surface area contributed by atoms with Crippen LogP contribution in [0.1, 0.15) is 35.6 Å². The smallest absolute Gasteiger partial charge is 0.261 e. The molecule has 0 aliphatic carbocycles. The van der Waals surface area contributed by atoms with E-state index in [0.717, 1.165) is 28.7 Å². The summed E-state index contributed by atoms with van der Waals surface area (Å²) in [6, 6.07) is 22.2. The molecule has 1 atom stereocenters. The number of carbonyl (C=O) groups is 2. The predicted molar refractivity (Wildman–Crippen MR) is 141 cm³/mol. The van der Waals surface area contributed by atoms with Gasteiger partial charge in [-0.15, -0.1) is 0 Å². The van der Waals surface area contributed by atoms with Crippen molar-refractivity contribution in [3.05, 3.63) is 100 Å². The Balaban J connectivity index is 1.90. The number of ether oxygens (including phenoxy) is 1. The fraction of sp³-hybridized carbons (Fsp3) is 0.310. The number of nitrogens with zero attached hydrogens (tertiary/aromatic N) is 1. The molecule has 3 rings (SSSR count). The summed E-state index contributed by atoms with van der Waals surface area (Å²) in [4.78, 5) is 28.5. The predicted octanol–water partition coefficient (Wildman–Crippen LogP) is 5.50. The summed E-state index contributed by atoms with van der Waals surface area (Å²) in [7, 11) is 0. The highest BCUT2D eigenvalue weighted by Gasteiger charge is 2.30. The highest BCUT2D eigenvalue weighted by molar-refractivity contribution is 6.30. The normalized spacial score (nSPS) is 11.5. The number of aryl methyl sites for hydroxylation is 2. The molecule has 3 aromatic rings. The minimum atomic E-state index is -0.696. The standard InChI is InChI=1S/C29H33ClN2O3/c1-4-13-31-29(34)27(18-23-9-6-5-7-10-23)32(19-24-11-8-12-25(30)17-24)28(33)20-35-26-15-21(2)14-22(3)16-26/h5-12,14-17,27H,4,13,18-20H2,1-3H3,(H,31,34)/t27-/m0/s1. The lowest BCUT2D eigenvalue weighted by Gasteiger charge is -2.31. The van der Waals surface area contributed by atoms with Gasteiger partial charge < -0.3 is 15.0 Å². The molecule has 0 spiro atoms. The Morgan fingerprint density at radius 2 is 1.63 bits per heavy atom. The van der Waals surface area contributed by atoms with Crippen LogP contribution in [0.2, 0.25) is 5.02 Å². The van der Waals surface area contributed by atoms with Gasteiger partial charge in [0.1, 0.15) is 11.8 Å². The number of rotatable bonds is 11. The van der Waals surface area contributed by atoms with Crippen molar-refractivity contribution in [2.45, 2.75) is 46.2 Å². The van der Waals surface area contributed by atoms with E-state index in [0.29, 0.717) is 23.7 Å². The zero-order valence-corrected chi connectivity index (χ0v) is 21.3. The van der Waals surface area contributed by atoms with E-state index in [1.807, 2.05) is 87.5 Å². The topological polar surface area (TPSA) is 58.6 Å². The molecule has 0 aliphatic rings. The van der Waals surface area contributed by atoms with Gasteiger partial charge in [-0.1, -0.05) is 67.1 Å². The van der Waals surface area contributed by atoms with Crippen LogP contribution in [-0.2, 0) is 22.6 Å². The third-order valence-corrected chi connectivity index (χ3v) is 5.85. The van der Waals surface area contributed by atoms with E-state index in [4.69, 9.17) is 16.3 Å². The lowest BCUT2D eigenvalue weighted by molar-refractivity contribution is -0.142. The molecule has 184 valence electrons. The van der Waals surface area contributed by atoms with Gasteiger partial charge in [0.15, 0.2) is 6.61 Å². The molecule has 0 saturated heterocycles. The fourth-order valence-corrected chi connectivity index (χ4v) is 4.21. The molecule has 0 fully saturated rings. The monoisotopic (exact) mass is 492 g/mol. The molecular formula is C29H33ClN2O3. The molecule has 35 heavy (non-hydrogen) atoms. The number of benzene rings is 3. The van der Waals surface area contributed by atoms with Crippen molar-refractivity contribution >= 4 is 23.4 Å². The van der Waals surface area contributed by atoms with Gasteiger partial charge >= 0.3 is 0 Å². The molecule has 6 heteroatoms. The zero-order chi connectivity index (χ0) is 25.2. The quantitative estimate of drug-likeness (QED) is 0.384. The van der Waals surface area contributed by atoms with Gasteiger partial charge in [-0.05, 0) is 66.8 Å². The number of halogens is 1. The molecule has 3 aromatic carbocycles. The summed E-state index contributed by atoms with van der Waals surface area (Å²) in [6.45, 7) is 6.59. The van der Waals surface area contributed by atoms with Gasteiger partial charge in [0.05, 0.1) is 0 Å². The van der Waals surface area contributed by atoms with E-state index in [2.05, 4.69) is 5.32 Å². The summed E-state index contributed by atoms with van der Waals surface area (Å²) in [5.41, 5.74) is 3.94. The Hall–Kier alpha value is -3.31. The van der Waals surface area contributed by atoms with Crippen molar-refractivity contribution in [1.82, 2.24) is 10.2 Å². The second kappa shape index (κ2) is 13.0. The first-order chi connectivity index (χ1) is 16.9. The highest BCUT2D eigenvalue weighted by Crippen LogP contribution is 2.19. The molecule has 0 bridgehead atoms. The van der Waals surface area contributed by atoms with Crippen molar-refractivity contribution in [3.63, 3.8) is 0 Å². The lowest BCUT2D eigenvalue weighted by atomic mass is 10.0. The van der Waals surface area contributed by atoms with Crippen LogP contribution in [0.5, 0.6) is 5.75 Å². The van der Waals surface area contributed by atoms with Crippen LogP contribution in [0, 0.1) is 13.8 Å². The number of nitrogens with one attached hydrogen (secondary N) is 1. The van der Waals surface area contributed by atoms with E-state index < -0.39 is 6.04 Å². The first-order valence-electron chi connectivity index (χ1n) is 11.9. The average Bonchev–Trinajstić information content (AvgIpc) is 2.83. The lowest BCUT2D eigenvalue weighted by Crippen LogP contribution is -2.51. The molecule has 2 amide bonds. The van der Waals surface area contributed by atoms with Crippen molar-refractivity contribution in [3.8, 4) is 5.75 Å². The third-order valence-electron chi connectivity index (χ3n) is 5.62. The third kappa shape index (κ3) is 8.15. The Morgan fingerprint density at radius 1 is 0.943 bits per heavy atom. The zero-order valence-electron chi connectivity index (χ0n) is 20.6. The maximum atomic E-state index is 13.6. The van der Waals surface area contributed by atoms with Crippen molar-refractivity contribution in [2.75, 3.05) is 13.2 Å². The van der Waals surface area contributed by atoms with E-state index in [-0.39, 0.29) is 25.0 Å². The Morgan fingerprint density at radius 3 is 2.29 bits per heavy atom. The summed E-state index contributed by atoms with van der Waals surface area (Å²) >= 11 is 6.21. The summed E-state index contributed by atoms with van der Waals surface area (Å²) in [5.74, 6) is 0.183. The van der Waals surface area contributed by atoms with Gasteiger partial charge in [0.25, 0.3) is 5.91 Å². The maximum Gasteiger partial charge on any atom is 0.261 e. The van der Waals surface area contributed by atoms with Crippen LogP contribution < -0.4 is 10.1 Å². The maximum absolute atomic E-state index is 13.6. The summed E-state index contributed by atoms with van der Waals surface area (Å²) in [6.07, 6.45) is 1.20. The first kappa shape index (κ1) is 26.3. The molecule has 1 N–H and O–H groups in total. The minimum Gasteiger partial charge on any atom is -0.484 e. The van der Waals surface area contributed by atoms with Gasteiger partial charge in [0.2, 0.25) is 5.91 Å². The van der Waals surface area contributed by atoms with Gasteiger partial charge in [-0.3, -0.25) is 9.59 Å². The van der Waals surface area contributed by atoms with Crippen LogP contribution >= 0.6 is 11.6 Å². The van der Waals surface area contributed by atoms with E-state index >= 15 is 0 Å². The van der Waals surface area contributed by atoms with Crippen LogP contribution in [0.4, 0.5) is 0 Å². The number of hydrogen-bond acceptors (Lipinski definition) is 3. The van der Waals surface area contributed by atoms with Crippen LogP contribution in [-0.4, -0.2) is 35.9 Å². The molecule has 0 saturated carbocycles. The molecule has 5 nitrogen and oxygen atoms in total. The molecule has 0 aromatic heterocycles. The van der Waals surface area contributed by atoms with Crippen LogP contribution in [0.3, 0.4) is 0 Å². The minimum absolute atomic E-state index is 0.171. The number of carbonyl (C=O) groups excluding carboxylic acids is 2. The average molecular weight is 493 g/mol. The molecule has 0 aliphatic heterocycles. The van der Waals surface area contributed by atoms with Crippen molar-refractivity contribution < 1.29 is 14.3 Å². The number of hydrogen-bond donors (Lipinski definition) is 1. The Kier molecular flexibility index (Phi) is 9.74. The van der Waals surface area contributed by atoms with Gasteiger partial charge in [-0.25, -0.2) is 0 Å². The van der Waals surface area contributed by atoms with E-state index in [1.54, 1.807) is 11.0 Å². The molecule has 0 radical (unpaired) electrons. The fourth-order valence-electron chi connectivity index (χ4n) is 4.00. The Bertz CT molecular complexity index is 1110. The Labute approximate surface area is 213 Å². The SMILES string of the molecule is CCCNC(=O)[C@H](Cc1ccccc1)N(Cc1cccc(Cl)c1)C(=O)COc1cc(C)cc(C)c1. The molecule has 0 heterocycles. The van der Waals surface area contributed by atoms with E-state index in [9.17, 15) is 9.59 Å². The van der Waals surface area contributed by atoms with Crippen molar-refractivity contribution in [1.29, 1.82) is 0 Å². The second-order valence-electron chi connectivity index (χ2n) is 8.76. The van der Waals surface area contributed by atoms with E-state index in [1.165, 1.54) is 0 Å².